The van der Waals surface area contributed by atoms with Crippen molar-refractivity contribution in [2.45, 2.75) is 30.6 Å². The zero-order valence-corrected chi connectivity index (χ0v) is 14.0. The lowest BCUT2D eigenvalue weighted by Gasteiger charge is -2.32. The molecular weight excluding hydrogens is 308 g/mol. The average molecular weight is 330 g/mol. The van der Waals surface area contributed by atoms with Gasteiger partial charge in [-0.2, -0.15) is 4.31 Å². The molecule has 1 aliphatic rings. The minimum Gasteiger partial charge on any atom is -0.263 e. The van der Waals surface area contributed by atoms with Crippen LogP contribution in [0, 0.1) is 5.92 Å². The molecule has 2 aromatic rings. The minimum atomic E-state index is -3.41. The highest BCUT2D eigenvalue weighted by Crippen LogP contribution is 2.26. The lowest BCUT2D eigenvalue weighted by Crippen LogP contribution is -2.40. The van der Waals surface area contributed by atoms with Crippen molar-refractivity contribution in [2.75, 3.05) is 13.1 Å². The molecule has 4 nitrogen and oxygen atoms in total. The molecule has 0 N–H and O–H groups in total. The molecule has 0 saturated carbocycles. The molecule has 1 fully saturated rings. The van der Waals surface area contributed by atoms with Crippen LogP contribution < -0.4 is 0 Å². The van der Waals surface area contributed by atoms with E-state index in [2.05, 4.69) is 29.2 Å². The number of piperidine rings is 1. The van der Waals surface area contributed by atoms with Crippen LogP contribution in [0.2, 0.25) is 0 Å². The molecule has 0 unspecified atom stereocenters. The zero-order chi connectivity index (χ0) is 16.1. The van der Waals surface area contributed by atoms with Gasteiger partial charge in [0.15, 0.2) is 0 Å². The summed E-state index contributed by atoms with van der Waals surface area (Å²) in [5, 5.41) is 0. The van der Waals surface area contributed by atoms with Crippen LogP contribution in [0.1, 0.15) is 24.8 Å². The summed E-state index contributed by atoms with van der Waals surface area (Å²) in [5.41, 5.74) is 1.32. The van der Waals surface area contributed by atoms with E-state index in [1.165, 1.54) is 11.8 Å². The molecule has 23 heavy (non-hydrogen) atoms. The smallest absolute Gasteiger partial charge is 0.244 e. The Bertz CT molecular complexity index is 717. The van der Waals surface area contributed by atoms with Gasteiger partial charge in [0.05, 0.1) is 0 Å². The number of sulfonamides is 1. The van der Waals surface area contributed by atoms with E-state index in [1.807, 2.05) is 6.07 Å². The van der Waals surface area contributed by atoms with E-state index in [0.29, 0.717) is 23.9 Å². The average Bonchev–Trinajstić information content (AvgIpc) is 2.62. The third-order valence-corrected chi connectivity index (χ3v) is 6.29. The van der Waals surface area contributed by atoms with Crippen LogP contribution in [0.3, 0.4) is 0 Å². The predicted molar refractivity (Wildman–Crippen MR) is 90.5 cm³/mol. The summed E-state index contributed by atoms with van der Waals surface area (Å²) in [5.74, 6) is 0.426. The molecule has 122 valence electrons. The van der Waals surface area contributed by atoms with Gasteiger partial charge in [-0.1, -0.05) is 30.3 Å². The van der Waals surface area contributed by atoms with Crippen molar-refractivity contribution in [3.63, 3.8) is 0 Å². The Labute approximate surface area is 138 Å². The Hall–Kier alpha value is -1.72. The molecule has 1 saturated heterocycles. The molecule has 2 heterocycles. The summed E-state index contributed by atoms with van der Waals surface area (Å²) in [6.07, 6.45) is 7.10. The summed E-state index contributed by atoms with van der Waals surface area (Å²) < 4.78 is 27.0. The van der Waals surface area contributed by atoms with Gasteiger partial charge in [0.1, 0.15) is 4.90 Å². The summed E-state index contributed by atoms with van der Waals surface area (Å²) in [6.45, 7) is 1.23. The van der Waals surface area contributed by atoms with E-state index < -0.39 is 10.0 Å². The molecule has 1 atom stereocenters. The van der Waals surface area contributed by atoms with Gasteiger partial charge in [-0.3, -0.25) is 4.98 Å². The van der Waals surface area contributed by atoms with Crippen molar-refractivity contribution in [3.8, 4) is 0 Å². The number of rotatable bonds is 5. The number of nitrogens with zero attached hydrogens (tertiary/aromatic N) is 2. The molecule has 1 aliphatic heterocycles. The Kier molecular flexibility index (Phi) is 5.08. The second kappa shape index (κ2) is 7.23. The van der Waals surface area contributed by atoms with Crippen LogP contribution in [0.5, 0.6) is 0 Å². The Morgan fingerprint density at radius 3 is 2.70 bits per heavy atom. The van der Waals surface area contributed by atoms with Gasteiger partial charge in [-0.25, -0.2) is 8.42 Å². The molecule has 0 spiro atoms. The quantitative estimate of drug-likeness (QED) is 0.846. The summed E-state index contributed by atoms with van der Waals surface area (Å²) in [6, 6.07) is 13.7. The van der Waals surface area contributed by atoms with Crippen LogP contribution >= 0.6 is 0 Å². The monoisotopic (exact) mass is 330 g/mol. The van der Waals surface area contributed by atoms with Gasteiger partial charge >= 0.3 is 0 Å². The Morgan fingerprint density at radius 2 is 1.96 bits per heavy atom. The SMILES string of the molecule is O=S(=O)(c1cccnc1)N1CCC[C@H](CCc2ccccc2)C1. The fraction of sp³-hybridized carbons (Fsp3) is 0.389. The van der Waals surface area contributed by atoms with E-state index in [1.54, 1.807) is 22.6 Å². The third-order valence-electron chi connectivity index (χ3n) is 4.44. The van der Waals surface area contributed by atoms with Gasteiger partial charge in [0.2, 0.25) is 10.0 Å². The Balaban J connectivity index is 1.64. The number of hydrogen-bond acceptors (Lipinski definition) is 3. The van der Waals surface area contributed by atoms with Crippen LogP contribution in [0.4, 0.5) is 0 Å². The van der Waals surface area contributed by atoms with Gasteiger partial charge in [-0.15, -0.1) is 0 Å². The summed E-state index contributed by atoms with van der Waals surface area (Å²) in [4.78, 5) is 4.23. The van der Waals surface area contributed by atoms with Gasteiger partial charge in [0, 0.05) is 25.5 Å². The molecule has 1 aromatic heterocycles. The first-order valence-electron chi connectivity index (χ1n) is 8.10. The maximum atomic E-state index is 12.7. The van der Waals surface area contributed by atoms with Crippen molar-refractivity contribution < 1.29 is 8.42 Å². The summed E-state index contributed by atoms with van der Waals surface area (Å²) in [7, 11) is -3.41. The molecule has 1 aromatic carbocycles. The lowest BCUT2D eigenvalue weighted by molar-refractivity contribution is 0.256. The topological polar surface area (TPSA) is 50.3 Å². The first-order chi connectivity index (χ1) is 11.2. The zero-order valence-electron chi connectivity index (χ0n) is 13.1. The minimum absolute atomic E-state index is 0.295. The fourth-order valence-electron chi connectivity index (χ4n) is 3.15. The van der Waals surface area contributed by atoms with E-state index in [9.17, 15) is 8.42 Å². The number of aryl methyl sites for hydroxylation is 1. The number of benzene rings is 1. The van der Waals surface area contributed by atoms with Crippen molar-refractivity contribution in [3.05, 3.63) is 60.4 Å². The highest BCUT2D eigenvalue weighted by atomic mass is 32.2. The molecule has 0 bridgehead atoms. The van der Waals surface area contributed by atoms with Crippen molar-refractivity contribution in [2.24, 2.45) is 5.92 Å². The lowest BCUT2D eigenvalue weighted by atomic mass is 9.93. The highest BCUT2D eigenvalue weighted by molar-refractivity contribution is 7.89. The highest BCUT2D eigenvalue weighted by Gasteiger charge is 2.30. The van der Waals surface area contributed by atoms with E-state index in [-0.39, 0.29) is 0 Å². The number of hydrogen-bond donors (Lipinski definition) is 0. The normalized spacial score (nSPS) is 19.6. The summed E-state index contributed by atoms with van der Waals surface area (Å²) >= 11 is 0. The second-order valence-electron chi connectivity index (χ2n) is 6.08. The Morgan fingerprint density at radius 1 is 1.13 bits per heavy atom. The first kappa shape index (κ1) is 16.1. The molecule has 0 amide bonds. The van der Waals surface area contributed by atoms with E-state index in [0.717, 1.165) is 25.7 Å². The molecule has 5 heteroatoms. The first-order valence-corrected chi connectivity index (χ1v) is 9.54. The van der Waals surface area contributed by atoms with E-state index in [4.69, 9.17) is 0 Å². The van der Waals surface area contributed by atoms with Gasteiger partial charge in [-0.05, 0) is 49.3 Å². The van der Waals surface area contributed by atoms with Crippen LogP contribution in [-0.2, 0) is 16.4 Å². The molecule has 0 radical (unpaired) electrons. The predicted octanol–water partition coefficient (Wildman–Crippen LogP) is 3.12. The third kappa shape index (κ3) is 3.98. The fourth-order valence-corrected chi connectivity index (χ4v) is 4.66. The van der Waals surface area contributed by atoms with Crippen LogP contribution in [0.25, 0.3) is 0 Å². The number of pyridine rings is 1. The van der Waals surface area contributed by atoms with Crippen LogP contribution in [0.15, 0.2) is 59.8 Å². The maximum Gasteiger partial charge on any atom is 0.244 e. The van der Waals surface area contributed by atoms with Crippen molar-refractivity contribution in [1.82, 2.24) is 9.29 Å². The molecule has 3 rings (SSSR count). The van der Waals surface area contributed by atoms with Crippen molar-refractivity contribution >= 4 is 10.0 Å². The van der Waals surface area contributed by atoms with Gasteiger partial charge in [0.25, 0.3) is 0 Å². The second-order valence-corrected chi connectivity index (χ2v) is 8.02. The maximum absolute atomic E-state index is 12.7. The van der Waals surface area contributed by atoms with Crippen LogP contribution in [-0.4, -0.2) is 30.8 Å². The van der Waals surface area contributed by atoms with Crippen molar-refractivity contribution in [1.29, 1.82) is 0 Å². The van der Waals surface area contributed by atoms with Gasteiger partial charge < -0.3 is 0 Å². The largest absolute Gasteiger partial charge is 0.263 e. The van der Waals surface area contributed by atoms with E-state index >= 15 is 0 Å². The molecule has 0 aliphatic carbocycles. The number of aromatic nitrogens is 1. The molecular formula is C18H22N2O2S. The standard InChI is InChI=1S/C18H22N2O2S/c21-23(22,18-9-4-12-19-14-18)20-13-5-8-17(15-20)11-10-16-6-2-1-3-7-16/h1-4,6-7,9,12,14,17H,5,8,10-11,13,15H2/t17-/m1/s1.